The predicted molar refractivity (Wildman–Crippen MR) is 104 cm³/mol. The van der Waals surface area contributed by atoms with Crippen LogP contribution in [0.2, 0.25) is 0 Å². The van der Waals surface area contributed by atoms with Gasteiger partial charge in [0.1, 0.15) is 5.82 Å². The SMILES string of the molecule is CC(C)(C)N1CC(CNC(=O)c2cccc(-c3cccc(F)c3)c2)CC1=O. The van der Waals surface area contributed by atoms with Gasteiger partial charge in [0.25, 0.3) is 5.91 Å². The normalized spacial score (nSPS) is 17.3. The minimum absolute atomic E-state index is 0.118. The minimum Gasteiger partial charge on any atom is -0.352 e. The quantitative estimate of drug-likeness (QED) is 0.891. The molecule has 27 heavy (non-hydrogen) atoms. The van der Waals surface area contributed by atoms with Crippen molar-refractivity contribution < 1.29 is 14.0 Å². The van der Waals surface area contributed by atoms with Gasteiger partial charge in [-0.3, -0.25) is 9.59 Å². The Morgan fingerprint density at radius 1 is 1.15 bits per heavy atom. The average Bonchev–Trinajstić information content (AvgIpc) is 3.01. The minimum atomic E-state index is -0.309. The summed E-state index contributed by atoms with van der Waals surface area (Å²) in [5.41, 5.74) is 1.84. The van der Waals surface area contributed by atoms with Gasteiger partial charge in [-0.1, -0.05) is 24.3 Å². The van der Waals surface area contributed by atoms with Crippen LogP contribution in [-0.2, 0) is 4.79 Å². The van der Waals surface area contributed by atoms with Crippen LogP contribution >= 0.6 is 0 Å². The van der Waals surface area contributed by atoms with Crippen molar-refractivity contribution in [2.45, 2.75) is 32.7 Å². The highest BCUT2D eigenvalue weighted by atomic mass is 19.1. The lowest BCUT2D eigenvalue weighted by Gasteiger charge is -2.32. The molecular weight excluding hydrogens is 343 g/mol. The number of rotatable bonds is 4. The van der Waals surface area contributed by atoms with Crippen molar-refractivity contribution in [3.8, 4) is 11.1 Å². The molecule has 2 aromatic carbocycles. The average molecular weight is 368 g/mol. The highest BCUT2D eigenvalue weighted by molar-refractivity contribution is 5.95. The van der Waals surface area contributed by atoms with Crippen molar-refractivity contribution >= 4 is 11.8 Å². The van der Waals surface area contributed by atoms with E-state index in [1.54, 1.807) is 24.3 Å². The lowest BCUT2D eigenvalue weighted by Crippen LogP contribution is -2.42. The molecule has 5 heteroatoms. The van der Waals surface area contributed by atoms with Gasteiger partial charge in [0.05, 0.1) is 0 Å². The first kappa shape index (κ1) is 19.1. The van der Waals surface area contributed by atoms with Crippen LogP contribution in [0.3, 0.4) is 0 Å². The van der Waals surface area contributed by atoms with Crippen LogP contribution in [0.15, 0.2) is 48.5 Å². The van der Waals surface area contributed by atoms with Gasteiger partial charge in [-0.05, 0) is 56.2 Å². The van der Waals surface area contributed by atoms with Crippen molar-refractivity contribution in [3.05, 3.63) is 59.9 Å². The number of nitrogens with zero attached hydrogens (tertiary/aromatic N) is 1. The van der Waals surface area contributed by atoms with E-state index in [4.69, 9.17) is 0 Å². The van der Waals surface area contributed by atoms with Gasteiger partial charge in [0, 0.05) is 36.5 Å². The van der Waals surface area contributed by atoms with E-state index in [0.717, 1.165) is 11.1 Å². The van der Waals surface area contributed by atoms with Gasteiger partial charge >= 0.3 is 0 Å². The lowest BCUT2D eigenvalue weighted by atomic mass is 10.0. The largest absolute Gasteiger partial charge is 0.352 e. The molecule has 0 bridgehead atoms. The molecule has 1 saturated heterocycles. The molecule has 2 aromatic rings. The number of nitrogens with one attached hydrogen (secondary N) is 1. The third kappa shape index (κ3) is 4.54. The first-order valence-electron chi connectivity index (χ1n) is 9.19. The molecule has 2 amide bonds. The second kappa shape index (κ2) is 7.51. The fourth-order valence-corrected chi connectivity index (χ4v) is 3.41. The van der Waals surface area contributed by atoms with E-state index in [1.807, 2.05) is 37.8 Å². The zero-order valence-corrected chi connectivity index (χ0v) is 16.0. The lowest BCUT2D eigenvalue weighted by molar-refractivity contribution is -0.131. The Kier molecular flexibility index (Phi) is 5.31. The fourth-order valence-electron chi connectivity index (χ4n) is 3.41. The van der Waals surface area contributed by atoms with Gasteiger partial charge in [-0.25, -0.2) is 4.39 Å². The van der Waals surface area contributed by atoms with E-state index in [1.165, 1.54) is 12.1 Å². The van der Waals surface area contributed by atoms with Gasteiger partial charge < -0.3 is 10.2 Å². The highest BCUT2D eigenvalue weighted by Gasteiger charge is 2.36. The molecule has 0 aromatic heterocycles. The zero-order valence-electron chi connectivity index (χ0n) is 16.0. The van der Waals surface area contributed by atoms with Crippen LogP contribution < -0.4 is 5.32 Å². The number of hydrogen-bond acceptors (Lipinski definition) is 2. The Hall–Kier alpha value is -2.69. The fraction of sp³-hybridized carbons (Fsp3) is 0.364. The van der Waals surface area contributed by atoms with Gasteiger partial charge in [-0.2, -0.15) is 0 Å². The van der Waals surface area contributed by atoms with Crippen molar-refractivity contribution in [1.82, 2.24) is 10.2 Å². The number of halogens is 1. The van der Waals surface area contributed by atoms with Crippen LogP contribution in [0.5, 0.6) is 0 Å². The smallest absolute Gasteiger partial charge is 0.251 e. The molecule has 1 aliphatic rings. The van der Waals surface area contributed by atoms with Crippen molar-refractivity contribution in [2.75, 3.05) is 13.1 Å². The van der Waals surface area contributed by atoms with E-state index in [-0.39, 0.29) is 29.1 Å². The summed E-state index contributed by atoms with van der Waals surface area (Å²) in [6.45, 7) is 7.17. The number of carbonyl (C=O) groups is 2. The maximum absolute atomic E-state index is 13.4. The summed E-state index contributed by atoms with van der Waals surface area (Å²) in [5, 5.41) is 2.93. The molecule has 1 atom stereocenters. The van der Waals surface area contributed by atoms with Gasteiger partial charge in [-0.15, -0.1) is 0 Å². The molecule has 1 unspecified atom stereocenters. The van der Waals surface area contributed by atoms with E-state index >= 15 is 0 Å². The van der Waals surface area contributed by atoms with Crippen LogP contribution in [0, 0.1) is 11.7 Å². The van der Waals surface area contributed by atoms with Crippen LogP contribution in [0.25, 0.3) is 11.1 Å². The second-order valence-corrected chi connectivity index (χ2v) is 8.05. The van der Waals surface area contributed by atoms with E-state index in [0.29, 0.717) is 25.1 Å². The summed E-state index contributed by atoms with van der Waals surface area (Å²) in [7, 11) is 0. The van der Waals surface area contributed by atoms with E-state index in [9.17, 15) is 14.0 Å². The Morgan fingerprint density at radius 2 is 1.81 bits per heavy atom. The molecule has 0 spiro atoms. The molecule has 142 valence electrons. The Morgan fingerprint density at radius 3 is 2.44 bits per heavy atom. The van der Waals surface area contributed by atoms with Crippen molar-refractivity contribution in [1.29, 1.82) is 0 Å². The van der Waals surface area contributed by atoms with Crippen molar-refractivity contribution in [2.24, 2.45) is 5.92 Å². The number of amides is 2. The molecule has 1 aliphatic heterocycles. The van der Waals surface area contributed by atoms with Crippen LogP contribution in [-0.4, -0.2) is 35.3 Å². The molecule has 4 nitrogen and oxygen atoms in total. The highest BCUT2D eigenvalue weighted by Crippen LogP contribution is 2.25. The molecule has 1 heterocycles. The second-order valence-electron chi connectivity index (χ2n) is 8.05. The summed E-state index contributed by atoms with van der Waals surface area (Å²) in [4.78, 5) is 26.6. The number of carbonyl (C=O) groups excluding carboxylic acids is 2. The molecule has 0 aliphatic carbocycles. The monoisotopic (exact) mass is 368 g/mol. The first-order chi connectivity index (χ1) is 12.7. The number of hydrogen-bond donors (Lipinski definition) is 1. The summed E-state index contributed by atoms with van der Waals surface area (Å²) in [5.74, 6) is -0.242. The number of benzene rings is 2. The van der Waals surface area contributed by atoms with Gasteiger partial charge in [0.2, 0.25) is 5.91 Å². The third-order valence-corrected chi connectivity index (χ3v) is 4.85. The standard InChI is InChI=1S/C22H25FN2O2/c1-22(2,3)25-14-15(10-20(25)26)13-24-21(27)18-8-4-6-16(11-18)17-7-5-9-19(23)12-17/h4-9,11-12,15H,10,13-14H2,1-3H3,(H,24,27). The van der Waals surface area contributed by atoms with E-state index < -0.39 is 0 Å². The van der Waals surface area contributed by atoms with Crippen LogP contribution in [0.4, 0.5) is 4.39 Å². The Bertz CT molecular complexity index is 857. The Balaban J connectivity index is 1.64. The zero-order chi connectivity index (χ0) is 19.6. The van der Waals surface area contributed by atoms with E-state index in [2.05, 4.69) is 5.32 Å². The van der Waals surface area contributed by atoms with Crippen LogP contribution in [0.1, 0.15) is 37.6 Å². The maximum atomic E-state index is 13.4. The summed E-state index contributed by atoms with van der Waals surface area (Å²) in [6.07, 6.45) is 0.459. The summed E-state index contributed by atoms with van der Waals surface area (Å²) < 4.78 is 13.4. The summed E-state index contributed by atoms with van der Waals surface area (Å²) in [6, 6.07) is 13.4. The third-order valence-electron chi connectivity index (χ3n) is 4.85. The topological polar surface area (TPSA) is 49.4 Å². The maximum Gasteiger partial charge on any atom is 0.251 e. The first-order valence-corrected chi connectivity index (χ1v) is 9.19. The number of likely N-dealkylation sites (tertiary alicyclic amines) is 1. The Labute approximate surface area is 159 Å². The molecule has 0 radical (unpaired) electrons. The molecule has 0 saturated carbocycles. The predicted octanol–water partition coefficient (Wildman–Crippen LogP) is 3.87. The molecule has 3 rings (SSSR count). The molecular formula is C22H25FN2O2. The molecule has 1 fully saturated rings. The van der Waals surface area contributed by atoms with Gasteiger partial charge in [0.15, 0.2) is 0 Å². The van der Waals surface area contributed by atoms with Crippen molar-refractivity contribution in [3.63, 3.8) is 0 Å². The summed E-state index contributed by atoms with van der Waals surface area (Å²) >= 11 is 0. The molecule has 1 N–H and O–H groups in total.